The second kappa shape index (κ2) is 7.36. The zero-order chi connectivity index (χ0) is 17.3. The molecule has 2 saturated carbocycles. The molecule has 25 heavy (non-hydrogen) atoms. The topological polar surface area (TPSA) is 27.7 Å². The van der Waals surface area contributed by atoms with Gasteiger partial charge in [0.2, 0.25) is 0 Å². The first kappa shape index (κ1) is 17.5. The minimum atomic E-state index is -0.232. The van der Waals surface area contributed by atoms with Crippen LogP contribution in [-0.2, 0) is 10.3 Å². The maximum atomic E-state index is 6.58. The van der Waals surface area contributed by atoms with Crippen molar-refractivity contribution in [2.24, 2.45) is 11.8 Å². The highest BCUT2D eigenvalue weighted by atomic mass is 35.5. The van der Waals surface area contributed by atoms with E-state index in [1.807, 2.05) is 6.07 Å². The maximum Gasteiger partial charge on any atom is 0.190 e. The molecule has 0 bridgehead atoms. The summed E-state index contributed by atoms with van der Waals surface area (Å²) in [6, 6.07) is 4.03. The molecule has 0 N–H and O–H groups in total. The lowest BCUT2D eigenvalue weighted by atomic mass is 9.63. The number of halogens is 1. The Morgan fingerprint density at radius 2 is 1.56 bits per heavy atom. The molecule has 1 aromatic carbocycles. The van der Waals surface area contributed by atoms with Crippen molar-refractivity contribution in [1.29, 1.82) is 0 Å². The van der Waals surface area contributed by atoms with E-state index in [-0.39, 0.29) is 5.60 Å². The molecule has 4 heteroatoms. The highest BCUT2D eigenvalue weighted by Gasteiger charge is 2.51. The van der Waals surface area contributed by atoms with Gasteiger partial charge in [0.25, 0.3) is 0 Å². The molecule has 0 spiro atoms. The van der Waals surface area contributed by atoms with Crippen LogP contribution in [-0.4, -0.2) is 13.9 Å². The van der Waals surface area contributed by atoms with E-state index in [2.05, 4.69) is 6.07 Å². The van der Waals surface area contributed by atoms with Crippen LogP contribution in [0.2, 0.25) is 5.02 Å². The van der Waals surface area contributed by atoms with Crippen molar-refractivity contribution >= 4 is 11.6 Å². The van der Waals surface area contributed by atoms with Crippen LogP contribution in [0.4, 0.5) is 0 Å². The molecule has 1 heterocycles. The molecule has 0 radical (unpaired) electrons. The fraction of sp³-hybridized carbons (Fsp3) is 0.714. The molecule has 4 rings (SSSR count). The predicted octanol–water partition coefficient (Wildman–Crippen LogP) is 6.07. The molecule has 2 aliphatic carbocycles. The fourth-order valence-corrected chi connectivity index (χ4v) is 5.70. The van der Waals surface area contributed by atoms with Gasteiger partial charge in [0, 0.05) is 11.6 Å². The van der Waals surface area contributed by atoms with Crippen LogP contribution in [0.25, 0.3) is 0 Å². The van der Waals surface area contributed by atoms with Crippen molar-refractivity contribution in [1.82, 2.24) is 0 Å². The second-order valence-electron chi connectivity index (χ2n) is 7.85. The number of fused-ring (bicyclic) bond motifs is 1. The highest BCUT2D eigenvalue weighted by Crippen LogP contribution is 2.56. The Morgan fingerprint density at radius 3 is 2.12 bits per heavy atom. The molecule has 0 amide bonds. The molecule has 0 unspecified atom stereocenters. The van der Waals surface area contributed by atoms with Crippen molar-refractivity contribution < 1.29 is 14.2 Å². The Balaban J connectivity index is 1.82. The lowest BCUT2D eigenvalue weighted by molar-refractivity contribution is -0.202. The van der Waals surface area contributed by atoms with E-state index in [1.54, 1.807) is 7.11 Å². The standard InChI is InChI=1S/C21H29ClO3/c1-23-20-13-19-17(12-18(20)22)21(25-14-24-19,15-8-4-2-5-9-15)16-10-6-3-7-11-16/h12-13,15-16H,2-11,14H2,1H3. The first-order valence-corrected chi connectivity index (χ1v) is 10.3. The van der Waals surface area contributed by atoms with Gasteiger partial charge in [-0.2, -0.15) is 0 Å². The minimum Gasteiger partial charge on any atom is -0.495 e. The largest absolute Gasteiger partial charge is 0.495 e. The lowest BCUT2D eigenvalue weighted by Gasteiger charge is -2.51. The molecule has 1 aliphatic heterocycles. The average Bonchev–Trinajstić information content (AvgIpc) is 2.68. The molecular formula is C21H29ClO3. The molecule has 3 nitrogen and oxygen atoms in total. The first-order valence-electron chi connectivity index (χ1n) is 9.90. The second-order valence-corrected chi connectivity index (χ2v) is 8.26. The summed E-state index contributed by atoms with van der Waals surface area (Å²) in [6.07, 6.45) is 12.9. The summed E-state index contributed by atoms with van der Waals surface area (Å²) in [4.78, 5) is 0. The summed E-state index contributed by atoms with van der Waals surface area (Å²) in [6.45, 7) is 0.338. The third-order valence-corrected chi connectivity index (χ3v) is 6.91. The number of rotatable bonds is 3. The van der Waals surface area contributed by atoms with Crippen LogP contribution in [0.1, 0.15) is 69.8 Å². The summed E-state index contributed by atoms with van der Waals surface area (Å²) in [5.74, 6) is 2.72. The van der Waals surface area contributed by atoms with Gasteiger partial charge < -0.3 is 14.2 Å². The summed E-state index contributed by atoms with van der Waals surface area (Å²) < 4.78 is 17.9. The van der Waals surface area contributed by atoms with E-state index in [1.165, 1.54) is 69.8 Å². The van der Waals surface area contributed by atoms with Gasteiger partial charge in [0.15, 0.2) is 6.79 Å². The van der Waals surface area contributed by atoms with Crippen molar-refractivity contribution in [3.8, 4) is 11.5 Å². The van der Waals surface area contributed by atoms with Gasteiger partial charge in [-0.3, -0.25) is 0 Å². The smallest absolute Gasteiger partial charge is 0.190 e. The van der Waals surface area contributed by atoms with Gasteiger partial charge in [-0.25, -0.2) is 0 Å². The van der Waals surface area contributed by atoms with Gasteiger partial charge in [-0.05, 0) is 43.6 Å². The Morgan fingerprint density at radius 1 is 0.960 bits per heavy atom. The molecule has 2 fully saturated rings. The summed E-state index contributed by atoms with van der Waals surface area (Å²) >= 11 is 6.53. The Kier molecular flexibility index (Phi) is 5.15. The summed E-state index contributed by atoms with van der Waals surface area (Å²) in [5, 5.41) is 0.659. The molecule has 1 aromatic rings. The Labute approximate surface area is 156 Å². The van der Waals surface area contributed by atoms with Crippen molar-refractivity contribution in [2.45, 2.75) is 69.8 Å². The molecule has 138 valence electrons. The zero-order valence-electron chi connectivity index (χ0n) is 15.2. The number of hydrogen-bond acceptors (Lipinski definition) is 3. The van der Waals surface area contributed by atoms with Gasteiger partial charge >= 0.3 is 0 Å². The monoisotopic (exact) mass is 364 g/mol. The molecular weight excluding hydrogens is 336 g/mol. The van der Waals surface area contributed by atoms with Crippen LogP contribution < -0.4 is 9.47 Å². The summed E-state index contributed by atoms with van der Waals surface area (Å²) in [5.41, 5.74) is 0.938. The lowest BCUT2D eigenvalue weighted by Crippen LogP contribution is -2.49. The quantitative estimate of drug-likeness (QED) is 0.651. The SMILES string of the molecule is COc1cc2c(cc1Cl)C(C1CCCCC1)(C1CCCCC1)OCO2. The minimum absolute atomic E-state index is 0.232. The predicted molar refractivity (Wildman–Crippen MR) is 99.4 cm³/mol. The van der Waals surface area contributed by atoms with Crippen LogP contribution in [0.15, 0.2) is 12.1 Å². The molecule has 0 saturated heterocycles. The van der Waals surface area contributed by atoms with E-state index in [9.17, 15) is 0 Å². The number of ether oxygens (including phenoxy) is 3. The van der Waals surface area contributed by atoms with Crippen LogP contribution in [0, 0.1) is 11.8 Å². The van der Waals surface area contributed by atoms with Gasteiger partial charge in [0.1, 0.15) is 17.1 Å². The van der Waals surface area contributed by atoms with E-state index in [0.717, 1.165) is 5.75 Å². The first-order chi connectivity index (χ1) is 12.3. The Bertz CT molecular complexity index is 585. The zero-order valence-corrected chi connectivity index (χ0v) is 15.9. The highest BCUT2D eigenvalue weighted by molar-refractivity contribution is 6.32. The van der Waals surface area contributed by atoms with Gasteiger partial charge in [0.05, 0.1) is 12.1 Å². The number of benzene rings is 1. The molecule has 0 atom stereocenters. The van der Waals surface area contributed by atoms with Crippen LogP contribution in [0.3, 0.4) is 0 Å². The van der Waals surface area contributed by atoms with Crippen LogP contribution >= 0.6 is 11.6 Å². The van der Waals surface area contributed by atoms with Crippen molar-refractivity contribution in [2.75, 3.05) is 13.9 Å². The van der Waals surface area contributed by atoms with Gasteiger partial charge in [-0.15, -0.1) is 0 Å². The van der Waals surface area contributed by atoms with E-state index >= 15 is 0 Å². The van der Waals surface area contributed by atoms with Crippen LogP contribution in [0.5, 0.6) is 11.5 Å². The Hall–Kier alpha value is -0.930. The number of hydrogen-bond donors (Lipinski definition) is 0. The van der Waals surface area contributed by atoms with E-state index in [4.69, 9.17) is 25.8 Å². The third kappa shape index (κ3) is 3.04. The number of methoxy groups -OCH3 is 1. The molecule has 0 aromatic heterocycles. The van der Waals surface area contributed by atoms with Crippen molar-refractivity contribution in [3.63, 3.8) is 0 Å². The average molecular weight is 365 g/mol. The summed E-state index contributed by atoms with van der Waals surface area (Å²) in [7, 11) is 1.66. The fourth-order valence-electron chi connectivity index (χ4n) is 5.46. The van der Waals surface area contributed by atoms with Gasteiger partial charge in [-0.1, -0.05) is 50.1 Å². The third-order valence-electron chi connectivity index (χ3n) is 6.61. The maximum absolute atomic E-state index is 6.58. The normalized spacial score (nSPS) is 24.4. The molecule has 3 aliphatic rings. The van der Waals surface area contributed by atoms with Crippen molar-refractivity contribution in [3.05, 3.63) is 22.7 Å². The van der Waals surface area contributed by atoms with E-state index in [0.29, 0.717) is 29.4 Å². The van der Waals surface area contributed by atoms with E-state index < -0.39 is 0 Å².